The van der Waals surface area contributed by atoms with Gasteiger partial charge in [-0.1, -0.05) is 6.07 Å². The van der Waals surface area contributed by atoms with E-state index in [0.717, 1.165) is 17.1 Å². The molecule has 6 nitrogen and oxygen atoms in total. The molecule has 23 heavy (non-hydrogen) atoms. The molecule has 1 fully saturated rings. The summed E-state index contributed by atoms with van der Waals surface area (Å²) in [5.41, 5.74) is 6.97. The number of halogens is 1. The van der Waals surface area contributed by atoms with Gasteiger partial charge >= 0.3 is 0 Å². The van der Waals surface area contributed by atoms with Crippen molar-refractivity contribution in [2.75, 3.05) is 19.4 Å². The maximum absolute atomic E-state index is 12.3. The zero-order valence-corrected chi connectivity index (χ0v) is 15.2. The molecule has 8 heteroatoms. The van der Waals surface area contributed by atoms with Gasteiger partial charge in [0.25, 0.3) is 0 Å². The number of nitrogens with one attached hydrogen (secondary N) is 1. The fraction of sp³-hybridized carbons (Fsp3) is 0.533. The van der Waals surface area contributed by atoms with Gasteiger partial charge in [-0.15, -0.1) is 12.4 Å². The summed E-state index contributed by atoms with van der Waals surface area (Å²) in [6.07, 6.45) is 2.31. The Morgan fingerprint density at radius 1 is 1.30 bits per heavy atom. The van der Waals surface area contributed by atoms with Crippen molar-refractivity contribution in [3.8, 4) is 0 Å². The Bertz CT molecular complexity index is 677. The van der Waals surface area contributed by atoms with Crippen molar-refractivity contribution in [3.63, 3.8) is 0 Å². The molecule has 1 aromatic rings. The molecule has 1 saturated carbocycles. The molecule has 0 radical (unpaired) electrons. The molecule has 1 aromatic carbocycles. The van der Waals surface area contributed by atoms with E-state index in [4.69, 9.17) is 5.73 Å². The highest BCUT2D eigenvalue weighted by atomic mass is 35.5. The molecule has 1 aliphatic rings. The van der Waals surface area contributed by atoms with Gasteiger partial charge in [-0.2, -0.15) is 0 Å². The van der Waals surface area contributed by atoms with Gasteiger partial charge < -0.3 is 11.1 Å². The Labute approximate surface area is 143 Å². The summed E-state index contributed by atoms with van der Waals surface area (Å²) in [5, 5.41) is 2.81. The molecule has 0 bridgehead atoms. The van der Waals surface area contributed by atoms with Crippen LogP contribution in [0.2, 0.25) is 0 Å². The second-order valence-electron chi connectivity index (χ2n) is 6.03. The van der Waals surface area contributed by atoms with Crippen LogP contribution in [-0.2, 0) is 14.8 Å². The lowest BCUT2D eigenvalue weighted by atomic mass is 10.1. The number of hydrogen-bond acceptors (Lipinski definition) is 4. The van der Waals surface area contributed by atoms with Crippen LogP contribution in [0.4, 0.5) is 5.69 Å². The van der Waals surface area contributed by atoms with Crippen LogP contribution in [0.1, 0.15) is 24.8 Å². The van der Waals surface area contributed by atoms with Crippen molar-refractivity contribution in [2.24, 2.45) is 11.7 Å². The lowest BCUT2D eigenvalue weighted by Crippen LogP contribution is -2.25. The number of anilines is 1. The van der Waals surface area contributed by atoms with Crippen molar-refractivity contribution >= 4 is 34.0 Å². The van der Waals surface area contributed by atoms with Crippen LogP contribution in [0.3, 0.4) is 0 Å². The maximum atomic E-state index is 12.3. The lowest BCUT2D eigenvalue weighted by molar-refractivity contribution is -0.119. The van der Waals surface area contributed by atoms with Crippen molar-refractivity contribution < 1.29 is 13.2 Å². The molecule has 0 heterocycles. The molecular formula is C15H24ClN3O3S. The predicted molar refractivity (Wildman–Crippen MR) is 93.2 cm³/mol. The summed E-state index contributed by atoms with van der Waals surface area (Å²) in [5.74, 6) is -0.185. The molecule has 0 aromatic heterocycles. The van der Waals surface area contributed by atoms with Gasteiger partial charge in [-0.3, -0.25) is 4.79 Å². The Hall–Kier alpha value is -1.15. The Morgan fingerprint density at radius 3 is 2.48 bits per heavy atom. The van der Waals surface area contributed by atoms with Crippen LogP contribution >= 0.6 is 12.4 Å². The highest BCUT2D eigenvalue weighted by molar-refractivity contribution is 7.89. The summed E-state index contributed by atoms with van der Waals surface area (Å²) >= 11 is 0. The summed E-state index contributed by atoms with van der Waals surface area (Å²) in [7, 11) is -0.560. The van der Waals surface area contributed by atoms with E-state index in [-0.39, 0.29) is 35.2 Å². The number of rotatable bonds is 4. The van der Waals surface area contributed by atoms with Gasteiger partial charge in [0.15, 0.2) is 0 Å². The Balaban J connectivity index is 0.00000264. The number of amides is 1. The van der Waals surface area contributed by atoms with Crippen LogP contribution in [-0.4, -0.2) is 38.8 Å². The number of hydrogen-bond donors (Lipinski definition) is 2. The van der Waals surface area contributed by atoms with E-state index in [1.165, 1.54) is 20.2 Å². The summed E-state index contributed by atoms with van der Waals surface area (Å²) in [6.45, 7) is 1.73. The summed E-state index contributed by atoms with van der Waals surface area (Å²) in [6, 6.07) is 5.01. The molecule has 2 rings (SSSR count). The minimum absolute atomic E-state index is 0. The van der Waals surface area contributed by atoms with Crippen molar-refractivity contribution in [1.29, 1.82) is 0 Å². The quantitative estimate of drug-likeness (QED) is 0.854. The van der Waals surface area contributed by atoms with E-state index >= 15 is 0 Å². The second kappa shape index (κ2) is 7.61. The molecule has 2 atom stereocenters. The van der Waals surface area contributed by atoms with Crippen molar-refractivity contribution in [2.45, 2.75) is 37.1 Å². The van der Waals surface area contributed by atoms with E-state index < -0.39 is 10.0 Å². The highest BCUT2D eigenvalue weighted by Gasteiger charge is 2.28. The van der Waals surface area contributed by atoms with Crippen LogP contribution in [0.5, 0.6) is 0 Å². The number of carbonyl (C=O) groups is 1. The molecular weight excluding hydrogens is 338 g/mol. The van der Waals surface area contributed by atoms with Gasteiger partial charge in [-0.25, -0.2) is 12.7 Å². The van der Waals surface area contributed by atoms with Crippen molar-refractivity contribution in [1.82, 2.24) is 4.31 Å². The average Bonchev–Trinajstić information content (AvgIpc) is 2.87. The molecule has 130 valence electrons. The highest BCUT2D eigenvalue weighted by Crippen LogP contribution is 2.27. The molecule has 2 unspecified atom stereocenters. The van der Waals surface area contributed by atoms with E-state index in [1.807, 2.05) is 0 Å². The fourth-order valence-electron chi connectivity index (χ4n) is 2.65. The first-order valence-electron chi connectivity index (χ1n) is 7.31. The fourth-order valence-corrected chi connectivity index (χ4v) is 3.80. The first kappa shape index (κ1) is 19.9. The largest absolute Gasteiger partial charge is 0.328 e. The van der Waals surface area contributed by atoms with E-state index in [1.54, 1.807) is 19.1 Å². The lowest BCUT2D eigenvalue weighted by Gasteiger charge is -2.16. The Kier molecular flexibility index (Phi) is 6.59. The van der Waals surface area contributed by atoms with Crippen LogP contribution < -0.4 is 11.1 Å². The van der Waals surface area contributed by atoms with Crippen LogP contribution in [0.15, 0.2) is 23.1 Å². The molecule has 0 spiro atoms. The van der Waals surface area contributed by atoms with Crippen LogP contribution in [0.25, 0.3) is 0 Å². The Morgan fingerprint density at radius 2 is 1.96 bits per heavy atom. The van der Waals surface area contributed by atoms with Gasteiger partial charge in [-0.05, 0) is 43.9 Å². The minimum Gasteiger partial charge on any atom is -0.328 e. The molecule has 1 aliphatic carbocycles. The van der Waals surface area contributed by atoms with Gasteiger partial charge in [0.2, 0.25) is 15.9 Å². The first-order chi connectivity index (χ1) is 10.2. The topological polar surface area (TPSA) is 92.5 Å². The minimum atomic E-state index is -3.53. The average molecular weight is 362 g/mol. The van der Waals surface area contributed by atoms with Crippen molar-refractivity contribution in [3.05, 3.63) is 23.8 Å². The number of sulfonamides is 1. The third-order valence-corrected chi connectivity index (χ3v) is 6.02. The monoisotopic (exact) mass is 361 g/mol. The van der Waals surface area contributed by atoms with Gasteiger partial charge in [0.05, 0.1) is 4.90 Å². The van der Waals surface area contributed by atoms with Gasteiger partial charge in [0.1, 0.15) is 0 Å². The van der Waals surface area contributed by atoms with Gasteiger partial charge in [0, 0.05) is 31.7 Å². The predicted octanol–water partition coefficient (Wildman–Crippen LogP) is 1.73. The summed E-state index contributed by atoms with van der Waals surface area (Å²) in [4.78, 5) is 12.4. The number of aryl methyl sites for hydroxylation is 1. The standard InChI is InChI=1S/C15H23N3O3S.ClH/c1-10-4-7-13(9-14(10)22(20,21)18(2)3)17-15(19)11-5-6-12(16)8-11;/h4,7,9,11-12H,5-6,8,16H2,1-3H3,(H,17,19);1H. The normalized spacial score (nSPS) is 21.1. The van der Waals surface area contributed by atoms with E-state index in [9.17, 15) is 13.2 Å². The first-order valence-corrected chi connectivity index (χ1v) is 8.75. The maximum Gasteiger partial charge on any atom is 0.242 e. The van der Waals surface area contributed by atoms with E-state index in [0.29, 0.717) is 17.7 Å². The smallest absolute Gasteiger partial charge is 0.242 e. The second-order valence-corrected chi connectivity index (χ2v) is 8.15. The molecule has 0 aliphatic heterocycles. The SMILES string of the molecule is Cc1ccc(NC(=O)C2CCC(N)C2)cc1S(=O)(=O)N(C)C.Cl. The third-order valence-electron chi connectivity index (χ3n) is 4.06. The molecule has 0 saturated heterocycles. The molecule has 3 N–H and O–H groups in total. The number of carbonyl (C=O) groups excluding carboxylic acids is 1. The third kappa shape index (κ3) is 4.44. The summed E-state index contributed by atoms with van der Waals surface area (Å²) < 4.78 is 25.7. The number of nitrogens with two attached hydrogens (primary N) is 1. The zero-order chi connectivity index (χ0) is 16.5. The van der Waals surface area contributed by atoms with E-state index in [2.05, 4.69) is 5.32 Å². The number of nitrogens with zero attached hydrogens (tertiary/aromatic N) is 1. The zero-order valence-electron chi connectivity index (χ0n) is 13.6. The molecule has 1 amide bonds. The number of benzene rings is 1. The van der Waals surface area contributed by atoms with Crippen LogP contribution in [0, 0.1) is 12.8 Å².